The SMILES string of the molecule is Cl.NC(=O)c1ccc(NC(=O)C2CC3CCCC(C2)C3N)cc1. The van der Waals surface area contributed by atoms with Crippen LogP contribution >= 0.6 is 12.4 Å². The fourth-order valence-corrected chi connectivity index (χ4v) is 3.97. The van der Waals surface area contributed by atoms with E-state index in [1.165, 1.54) is 6.42 Å². The Hall–Kier alpha value is -1.59. The molecule has 0 saturated heterocycles. The van der Waals surface area contributed by atoms with Crippen LogP contribution in [0.4, 0.5) is 5.69 Å². The molecular weight excluding hydrogens is 314 g/mol. The van der Waals surface area contributed by atoms with Gasteiger partial charge in [0.2, 0.25) is 11.8 Å². The summed E-state index contributed by atoms with van der Waals surface area (Å²) in [6.07, 6.45) is 5.32. The second-order valence-corrected chi connectivity index (χ2v) is 6.63. The van der Waals surface area contributed by atoms with Crippen molar-refractivity contribution in [2.45, 2.75) is 38.1 Å². The van der Waals surface area contributed by atoms with Crippen molar-refractivity contribution >= 4 is 29.9 Å². The Morgan fingerprint density at radius 1 is 1.04 bits per heavy atom. The van der Waals surface area contributed by atoms with Crippen LogP contribution in [0, 0.1) is 17.8 Å². The fourth-order valence-electron chi connectivity index (χ4n) is 3.97. The molecule has 0 spiro atoms. The predicted molar refractivity (Wildman–Crippen MR) is 92.4 cm³/mol. The van der Waals surface area contributed by atoms with Gasteiger partial charge in [-0.05, 0) is 61.8 Å². The summed E-state index contributed by atoms with van der Waals surface area (Å²) < 4.78 is 0. The normalized spacial score (nSPS) is 29.3. The van der Waals surface area contributed by atoms with Gasteiger partial charge in [0, 0.05) is 23.2 Å². The molecule has 3 rings (SSSR count). The number of hydrogen-bond donors (Lipinski definition) is 3. The monoisotopic (exact) mass is 337 g/mol. The molecule has 126 valence electrons. The second-order valence-electron chi connectivity index (χ2n) is 6.63. The van der Waals surface area contributed by atoms with E-state index in [1.54, 1.807) is 24.3 Å². The van der Waals surface area contributed by atoms with E-state index >= 15 is 0 Å². The molecule has 1 aromatic rings. The Morgan fingerprint density at radius 3 is 2.13 bits per heavy atom. The van der Waals surface area contributed by atoms with E-state index in [9.17, 15) is 9.59 Å². The van der Waals surface area contributed by atoms with Gasteiger partial charge in [-0.2, -0.15) is 0 Å². The summed E-state index contributed by atoms with van der Waals surface area (Å²) in [4.78, 5) is 23.5. The number of carbonyl (C=O) groups excluding carboxylic acids is 2. The molecule has 5 N–H and O–H groups in total. The number of halogens is 1. The van der Waals surface area contributed by atoms with Crippen molar-refractivity contribution < 1.29 is 9.59 Å². The van der Waals surface area contributed by atoms with Crippen LogP contribution in [0.5, 0.6) is 0 Å². The van der Waals surface area contributed by atoms with Crippen LogP contribution in [-0.2, 0) is 4.79 Å². The number of benzene rings is 1. The van der Waals surface area contributed by atoms with Gasteiger partial charge in [0.25, 0.3) is 0 Å². The maximum atomic E-state index is 12.5. The van der Waals surface area contributed by atoms with E-state index in [2.05, 4.69) is 5.32 Å². The molecule has 5 nitrogen and oxygen atoms in total. The molecule has 0 aliphatic heterocycles. The van der Waals surface area contributed by atoms with Gasteiger partial charge < -0.3 is 16.8 Å². The summed E-state index contributed by atoms with van der Waals surface area (Å²) in [5.41, 5.74) is 12.6. The molecule has 6 heteroatoms. The average molecular weight is 338 g/mol. The third-order valence-electron chi connectivity index (χ3n) is 5.22. The van der Waals surface area contributed by atoms with E-state index in [-0.39, 0.29) is 30.3 Å². The van der Waals surface area contributed by atoms with Gasteiger partial charge >= 0.3 is 0 Å². The van der Waals surface area contributed by atoms with Crippen LogP contribution in [0.15, 0.2) is 24.3 Å². The zero-order valence-electron chi connectivity index (χ0n) is 13.0. The molecule has 2 bridgehead atoms. The van der Waals surface area contributed by atoms with Crippen molar-refractivity contribution in [3.63, 3.8) is 0 Å². The molecule has 2 aliphatic rings. The standard InChI is InChI=1S/C17H23N3O2.ClH/c18-15-11-2-1-3-12(15)9-13(8-11)17(22)20-14-6-4-10(5-7-14)16(19)21;/h4-7,11-13,15H,1-3,8-9,18H2,(H2,19,21)(H,20,22);1H. The minimum atomic E-state index is -0.466. The van der Waals surface area contributed by atoms with Gasteiger partial charge in [0.05, 0.1) is 0 Å². The summed E-state index contributed by atoms with van der Waals surface area (Å²) in [6.45, 7) is 0. The molecular formula is C17H24ClN3O2. The summed E-state index contributed by atoms with van der Waals surface area (Å²) >= 11 is 0. The molecule has 2 saturated carbocycles. The zero-order chi connectivity index (χ0) is 15.7. The molecule has 23 heavy (non-hydrogen) atoms. The van der Waals surface area contributed by atoms with Crippen molar-refractivity contribution in [1.82, 2.24) is 0 Å². The molecule has 2 aliphatic carbocycles. The van der Waals surface area contributed by atoms with E-state index in [0.29, 0.717) is 23.1 Å². The molecule has 2 atom stereocenters. The highest BCUT2D eigenvalue weighted by Crippen LogP contribution is 2.42. The van der Waals surface area contributed by atoms with Crippen LogP contribution in [0.3, 0.4) is 0 Å². The van der Waals surface area contributed by atoms with Crippen LogP contribution in [-0.4, -0.2) is 17.9 Å². The predicted octanol–water partition coefficient (Wildman–Crippen LogP) is 2.30. The van der Waals surface area contributed by atoms with Crippen LogP contribution in [0.25, 0.3) is 0 Å². The van der Waals surface area contributed by atoms with Gasteiger partial charge in [0.15, 0.2) is 0 Å². The van der Waals surface area contributed by atoms with Crippen LogP contribution in [0.1, 0.15) is 42.5 Å². The number of anilines is 1. The first kappa shape index (κ1) is 17.8. The van der Waals surface area contributed by atoms with Crippen molar-refractivity contribution in [2.24, 2.45) is 29.2 Å². The molecule has 0 radical (unpaired) electrons. The summed E-state index contributed by atoms with van der Waals surface area (Å²) in [7, 11) is 0. The Labute approximate surface area is 142 Å². The van der Waals surface area contributed by atoms with Crippen molar-refractivity contribution in [3.8, 4) is 0 Å². The third kappa shape index (κ3) is 3.85. The van der Waals surface area contributed by atoms with Crippen molar-refractivity contribution in [3.05, 3.63) is 29.8 Å². The number of primary amides is 1. The van der Waals surface area contributed by atoms with Crippen molar-refractivity contribution in [1.29, 1.82) is 0 Å². The summed E-state index contributed by atoms with van der Waals surface area (Å²) in [6, 6.07) is 6.96. The average Bonchev–Trinajstić information content (AvgIpc) is 2.47. The van der Waals surface area contributed by atoms with Crippen molar-refractivity contribution in [2.75, 3.05) is 5.32 Å². The highest BCUT2D eigenvalue weighted by Gasteiger charge is 2.40. The van der Waals surface area contributed by atoms with E-state index in [0.717, 1.165) is 25.7 Å². The molecule has 0 aromatic heterocycles. The molecule has 2 unspecified atom stereocenters. The number of nitrogens with two attached hydrogens (primary N) is 2. The first-order chi connectivity index (χ1) is 10.5. The number of carbonyl (C=O) groups is 2. The fraction of sp³-hybridized carbons (Fsp3) is 0.529. The molecule has 2 amide bonds. The van der Waals surface area contributed by atoms with E-state index in [4.69, 9.17) is 11.5 Å². The highest BCUT2D eigenvalue weighted by atomic mass is 35.5. The van der Waals surface area contributed by atoms with Crippen LogP contribution < -0.4 is 16.8 Å². The van der Waals surface area contributed by atoms with Gasteiger partial charge in [-0.25, -0.2) is 0 Å². The number of hydrogen-bond acceptors (Lipinski definition) is 3. The number of fused-ring (bicyclic) bond motifs is 2. The van der Waals surface area contributed by atoms with Crippen LogP contribution in [0.2, 0.25) is 0 Å². The van der Waals surface area contributed by atoms with E-state index < -0.39 is 5.91 Å². The largest absolute Gasteiger partial charge is 0.366 e. The van der Waals surface area contributed by atoms with Gasteiger partial charge in [-0.15, -0.1) is 12.4 Å². The molecule has 1 aromatic carbocycles. The number of amides is 2. The minimum absolute atomic E-state index is 0. The molecule has 0 heterocycles. The Kier molecular flexibility index (Phi) is 5.65. The quantitative estimate of drug-likeness (QED) is 0.789. The lowest BCUT2D eigenvalue weighted by atomic mass is 9.65. The highest BCUT2D eigenvalue weighted by molar-refractivity contribution is 5.95. The third-order valence-corrected chi connectivity index (χ3v) is 5.22. The lowest BCUT2D eigenvalue weighted by Crippen LogP contribution is -2.48. The number of nitrogens with one attached hydrogen (secondary N) is 1. The summed E-state index contributed by atoms with van der Waals surface area (Å²) in [5.74, 6) is 0.620. The smallest absolute Gasteiger partial charge is 0.248 e. The lowest BCUT2D eigenvalue weighted by molar-refractivity contribution is -0.122. The topological polar surface area (TPSA) is 98.2 Å². The first-order valence-corrected chi connectivity index (χ1v) is 8.01. The number of rotatable bonds is 3. The van der Waals surface area contributed by atoms with Gasteiger partial charge in [-0.1, -0.05) is 6.42 Å². The minimum Gasteiger partial charge on any atom is -0.366 e. The first-order valence-electron chi connectivity index (χ1n) is 8.01. The lowest BCUT2D eigenvalue weighted by Gasteiger charge is -2.43. The second kappa shape index (κ2) is 7.32. The van der Waals surface area contributed by atoms with E-state index in [1.807, 2.05) is 0 Å². The Morgan fingerprint density at radius 2 is 1.61 bits per heavy atom. The molecule has 2 fully saturated rings. The summed E-state index contributed by atoms with van der Waals surface area (Å²) in [5, 5.41) is 2.95. The maximum absolute atomic E-state index is 12.5. The van der Waals surface area contributed by atoms with Gasteiger partial charge in [-0.3, -0.25) is 9.59 Å². The Balaban J connectivity index is 0.00000192. The Bertz CT molecular complexity index is 562. The maximum Gasteiger partial charge on any atom is 0.248 e. The zero-order valence-corrected chi connectivity index (χ0v) is 13.9. The van der Waals surface area contributed by atoms with Gasteiger partial charge in [0.1, 0.15) is 0 Å².